The van der Waals surface area contributed by atoms with Crippen molar-refractivity contribution in [3.05, 3.63) is 46.2 Å². The molecule has 33 heavy (non-hydrogen) atoms. The van der Waals surface area contributed by atoms with Crippen molar-refractivity contribution >= 4 is 40.6 Å². The predicted octanol–water partition coefficient (Wildman–Crippen LogP) is 4.50. The molecule has 0 unspecified atom stereocenters. The zero-order chi connectivity index (χ0) is 23.7. The van der Waals surface area contributed by atoms with Gasteiger partial charge in [-0.2, -0.15) is 10.2 Å². The number of fused-ring (bicyclic) bond motifs is 1. The van der Waals surface area contributed by atoms with Crippen molar-refractivity contribution in [3.8, 4) is 11.9 Å². The van der Waals surface area contributed by atoms with Crippen LogP contribution < -0.4 is 15.0 Å². The number of benzene rings is 1. The second-order valence-corrected chi connectivity index (χ2v) is 8.52. The second-order valence-electron chi connectivity index (χ2n) is 8.13. The van der Waals surface area contributed by atoms with E-state index in [0.717, 1.165) is 11.1 Å². The summed E-state index contributed by atoms with van der Waals surface area (Å²) in [5.74, 6) is 0.438. The quantitative estimate of drug-likeness (QED) is 0.416. The van der Waals surface area contributed by atoms with Crippen LogP contribution >= 0.6 is 11.6 Å². The molecule has 170 valence electrons. The number of hydrogen-bond donors (Lipinski definition) is 1. The molecule has 1 aromatic carbocycles. The lowest BCUT2D eigenvalue weighted by molar-refractivity contribution is -0.120. The van der Waals surface area contributed by atoms with Crippen molar-refractivity contribution in [2.24, 2.45) is 0 Å². The molecule has 3 aromatic rings. The number of anilines is 2. The van der Waals surface area contributed by atoms with E-state index in [1.807, 2.05) is 32.9 Å². The van der Waals surface area contributed by atoms with Gasteiger partial charge in [0.1, 0.15) is 17.4 Å². The Bertz CT molecular complexity index is 1260. The first kappa shape index (κ1) is 22.7. The van der Waals surface area contributed by atoms with Crippen LogP contribution in [0.4, 0.5) is 15.9 Å². The monoisotopic (exact) mass is 468 g/mol. The van der Waals surface area contributed by atoms with Crippen molar-refractivity contribution in [1.29, 1.82) is 5.26 Å². The number of pyridine rings is 1. The van der Waals surface area contributed by atoms with Gasteiger partial charge in [-0.05, 0) is 44.5 Å². The summed E-state index contributed by atoms with van der Waals surface area (Å²) in [5, 5.41) is 13.2. The minimum absolute atomic E-state index is 0.0553. The topological polar surface area (TPSA) is 104 Å². The molecule has 1 saturated heterocycles. The Morgan fingerprint density at radius 1 is 1.36 bits per heavy atom. The van der Waals surface area contributed by atoms with E-state index in [0.29, 0.717) is 29.0 Å². The van der Waals surface area contributed by atoms with E-state index in [2.05, 4.69) is 21.4 Å². The first-order valence-corrected chi connectivity index (χ1v) is 10.8. The van der Waals surface area contributed by atoms with E-state index in [4.69, 9.17) is 21.3 Å². The first-order valence-electron chi connectivity index (χ1n) is 10.5. The van der Waals surface area contributed by atoms with Crippen LogP contribution in [0.1, 0.15) is 43.1 Å². The Morgan fingerprint density at radius 3 is 2.82 bits per heavy atom. The minimum atomic E-state index is -0.976. The molecule has 4 rings (SSSR count). The Balaban J connectivity index is 1.80. The number of ether oxygens (including phenoxy) is 1. The molecule has 0 aliphatic carbocycles. The van der Waals surface area contributed by atoms with E-state index in [1.165, 1.54) is 0 Å². The zero-order valence-corrected chi connectivity index (χ0v) is 19.1. The Morgan fingerprint density at radius 2 is 2.15 bits per heavy atom. The number of nitrogens with zero attached hydrogens (tertiary/aromatic N) is 5. The lowest BCUT2D eigenvalue weighted by Gasteiger charge is -2.24. The Kier molecular flexibility index (Phi) is 6.29. The van der Waals surface area contributed by atoms with Crippen molar-refractivity contribution in [2.45, 2.75) is 45.4 Å². The third kappa shape index (κ3) is 4.52. The molecule has 1 aliphatic rings. The summed E-state index contributed by atoms with van der Waals surface area (Å²) in [6.07, 6.45) is -0.595. The van der Waals surface area contributed by atoms with Crippen LogP contribution in [0.25, 0.3) is 11.0 Å². The number of hydrogen-bond acceptors (Lipinski definition) is 8. The smallest absolute Gasteiger partial charge is 0.299 e. The third-order valence-electron chi connectivity index (χ3n) is 5.65. The number of nitrogens with one attached hydrogen (secondary N) is 1. The van der Waals surface area contributed by atoms with Gasteiger partial charge in [-0.3, -0.25) is 4.79 Å². The summed E-state index contributed by atoms with van der Waals surface area (Å²) < 4.78 is 19.0. The SMILES string of the molecule is Cc1cc([C@@H](C)Nc2ccc(Cl)nc2OC=O)c2nc(N3C[C@H](F)C[C@@H]3C)c(C#N)nc2c1. The normalized spacial score (nSPS) is 18.7. The minimum Gasteiger partial charge on any atom is -0.407 e. The summed E-state index contributed by atoms with van der Waals surface area (Å²) in [7, 11) is 0. The van der Waals surface area contributed by atoms with Crippen LogP contribution in [0.5, 0.6) is 5.88 Å². The number of carbonyl (C=O) groups excluding carboxylic acids is 1. The van der Waals surface area contributed by atoms with Gasteiger partial charge in [0.2, 0.25) is 5.88 Å². The van der Waals surface area contributed by atoms with Gasteiger partial charge in [0.05, 0.1) is 29.3 Å². The number of rotatable bonds is 6. The fraction of sp³-hybridized carbons (Fsp3) is 0.348. The van der Waals surface area contributed by atoms with Gasteiger partial charge in [-0.15, -0.1) is 0 Å². The van der Waals surface area contributed by atoms with Crippen LogP contribution in [-0.4, -0.2) is 40.2 Å². The third-order valence-corrected chi connectivity index (χ3v) is 5.86. The Labute approximate surface area is 195 Å². The number of halogens is 2. The lowest BCUT2D eigenvalue weighted by Crippen LogP contribution is -2.29. The Hall–Kier alpha value is -3.51. The molecule has 1 aliphatic heterocycles. The zero-order valence-electron chi connectivity index (χ0n) is 18.3. The average Bonchev–Trinajstić information content (AvgIpc) is 3.11. The van der Waals surface area contributed by atoms with E-state index >= 15 is 0 Å². The van der Waals surface area contributed by atoms with Gasteiger partial charge in [0.25, 0.3) is 6.47 Å². The lowest BCUT2D eigenvalue weighted by atomic mass is 10.0. The van der Waals surface area contributed by atoms with Gasteiger partial charge >= 0.3 is 0 Å². The van der Waals surface area contributed by atoms with Crippen LogP contribution in [-0.2, 0) is 4.79 Å². The highest BCUT2D eigenvalue weighted by Crippen LogP contribution is 2.34. The molecule has 10 heteroatoms. The number of aryl methyl sites for hydroxylation is 1. The molecule has 0 saturated carbocycles. The van der Waals surface area contributed by atoms with Gasteiger partial charge in [0, 0.05) is 18.0 Å². The van der Waals surface area contributed by atoms with Crippen LogP contribution in [0, 0.1) is 18.3 Å². The summed E-state index contributed by atoms with van der Waals surface area (Å²) in [6, 6.07) is 8.80. The fourth-order valence-electron chi connectivity index (χ4n) is 4.16. The van der Waals surface area contributed by atoms with E-state index in [1.54, 1.807) is 17.0 Å². The van der Waals surface area contributed by atoms with Crippen molar-refractivity contribution < 1.29 is 13.9 Å². The van der Waals surface area contributed by atoms with Crippen molar-refractivity contribution in [2.75, 3.05) is 16.8 Å². The molecule has 0 radical (unpaired) electrons. The van der Waals surface area contributed by atoms with Crippen LogP contribution in [0.3, 0.4) is 0 Å². The maximum atomic E-state index is 14.1. The van der Waals surface area contributed by atoms with Gasteiger partial charge < -0.3 is 15.0 Å². The highest BCUT2D eigenvalue weighted by Gasteiger charge is 2.32. The maximum Gasteiger partial charge on any atom is 0.299 e. The molecule has 3 atom stereocenters. The molecule has 1 N–H and O–H groups in total. The number of nitriles is 1. The molecular weight excluding hydrogens is 447 g/mol. The second kappa shape index (κ2) is 9.16. The van der Waals surface area contributed by atoms with Crippen molar-refractivity contribution in [1.82, 2.24) is 15.0 Å². The molecule has 8 nitrogen and oxygen atoms in total. The van der Waals surface area contributed by atoms with Crippen LogP contribution in [0.2, 0.25) is 5.15 Å². The maximum absolute atomic E-state index is 14.1. The average molecular weight is 469 g/mol. The van der Waals surface area contributed by atoms with Gasteiger partial charge in [-0.25, -0.2) is 14.4 Å². The standard InChI is InChI=1S/C23H22ClFN6O2/c1-12-6-16(14(3)27-17-4-5-20(24)29-23(17)33-11-32)21-18(7-12)28-19(9-26)22(30-21)31-10-15(25)8-13(31)2/h4-7,11,13-15,27H,8,10H2,1-3H3/t13-,14+,15+/m0/s1. The molecule has 3 heterocycles. The molecule has 0 amide bonds. The molecule has 1 fully saturated rings. The summed E-state index contributed by atoms with van der Waals surface area (Å²) in [5.41, 5.74) is 3.58. The molecule has 2 aromatic heterocycles. The molecule has 0 bridgehead atoms. The number of alkyl halides is 1. The first-order chi connectivity index (χ1) is 15.8. The van der Waals surface area contributed by atoms with E-state index in [-0.39, 0.29) is 41.8 Å². The van der Waals surface area contributed by atoms with Gasteiger partial charge in [0.15, 0.2) is 11.5 Å². The molecular formula is C23H22ClFN6O2. The summed E-state index contributed by atoms with van der Waals surface area (Å²) in [6.45, 7) is 6.22. The van der Waals surface area contributed by atoms with Crippen LogP contribution in [0.15, 0.2) is 24.3 Å². The highest BCUT2D eigenvalue weighted by molar-refractivity contribution is 6.29. The molecule has 0 spiro atoms. The number of carbonyl (C=O) groups is 1. The predicted molar refractivity (Wildman–Crippen MR) is 123 cm³/mol. The highest BCUT2D eigenvalue weighted by atomic mass is 35.5. The largest absolute Gasteiger partial charge is 0.407 e. The number of aromatic nitrogens is 3. The van der Waals surface area contributed by atoms with Gasteiger partial charge in [-0.1, -0.05) is 17.7 Å². The fourth-order valence-corrected chi connectivity index (χ4v) is 4.30. The van der Waals surface area contributed by atoms with E-state index in [9.17, 15) is 14.4 Å². The van der Waals surface area contributed by atoms with Crippen molar-refractivity contribution in [3.63, 3.8) is 0 Å². The summed E-state index contributed by atoms with van der Waals surface area (Å²) >= 11 is 5.92. The summed E-state index contributed by atoms with van der Waals surface area (Å²) in [4.78, 5) is 26.1. The van der Waals surface area contributed by atoms with E-state index < -0.39 is 6.17 Å².